The van der Waals surface area contributed by atoms with Crippen molar-refractivity contribution in [1.82, 2.24) is 4.98 Å². The number of sulfonamides is 1. The van der Waals surface area contributed by atoms with Crippen LogP contribution >= 0.6 is 0 Å². The summed E-state index contributed by atoms with van der Waals surface area (Å²) in [4.78, 5) is 4.33. The molecule has 0 amide bonds. The first-order chi connectivity index (χ1) is 13.5. The lowest BCUT2D eigenvalue weighted by molar-refractivity contribution is 0.354. The van der Waals surface area contributed by atoms with E-state index < -0.39 is 10.0 Å². The van der Waals surface area contributed by atoms with E-state index in [1.165, 1.54) is 26.4 Å². The molecule has 2 aromatic carbocycles. The lowest BCUT2D eigenvalue weighted by Crippen LogP contribution is -2.13. The monoisotopic (exact) mass is 399 g/mol. The standard InChI is InChI=1S/C20H21N3O4S/c1-26-19-11-10-18(13-20(19)27-2)28(24,25)23-16-8-6-15(7-9-16)22-14-17-5-3-4-12-21-17/h3-13,22-23H,14H2,1-2H3. The molecule has 0 aliphatic carbocycles. The Morgan fingerprint density at radius 2 is 1.61 bits per heavy atom. The number of nitrogens with zero attached hydrogens (tertiary/aromatic N) is 1. The number of rotatable bonds is 8. The maximum Gasteiger partial charge on any atom is 0.262 e. The van der Waals surface area contributed by atoms with Crippen LogP contribution in [-0.2, 0) is 16.6 Å². The number of hydrogen-bond acceptors (Lipinski definition) is 6. The Morgan fingerprint density at radius 1 is 0.893 bits per heavy atom. The topological polar surface area (TPSA) is 89.6 Å². The van der Waals surface area contributed by atoms with Gasteiger partial charge in [0.2, 0.25) is 0 Å². The lowest BCUT2D eigenvalue weighted by atomic mass is 10.3. The highest BCUT2D eigenvalue weighted by Gasteiger charge is 2.17. The Kier molecular flexibility index (Phi) is 6.00. The van der Waals surface area contributed by atoms with E-state index in [0.29, 0.717) is 23.7 Å². The number of nitrogens with one attached hydrogen (secondary N) is 2. The van der Waals surface area contributed by atoms with Crippen LogP contribution in [-0.4, -0.2) is 27.6 Å². The molecule has 146 valence electrons. The molecule has 3 rings (SSSR count). The lowest BCUT2D eigenvalue weighted by Gasteiger charge is -2.12. The van der Waals surface area contributed by atoms with Gasteiger partial charge in [0.15, 0.2) is 11.5 Å². The molecule has 7 nitrogen and oxygen atoms in total. The third-order valence-electron chi connectivity index (χ3n) is 4.00. The summed E-state index contributed by atoms with van der Waals surface area (Å²) in [5, 5.41) is 3.24. The van der Waals surface area contributed by atoms with Crippen LogP contribution in [0.2, 0.25) is 0 Å². The van der Waals surface area contributed by atoms with Gasteiger partial charge >= 0.3 is 0 Å². The number of anilines is 2. The third-order valence-corrected chi connectivity index (χ3v) is 5.38. The zero-order valence-electron chi connectivity index (χ0n) is 15.5. The first-order valence-electron chi connectivity index (χ1n) is 8.50. The molecule has 0 fully saturated rings. The van der Waals surface area contributed by atoms with E-state index in [4.69, 9.17) is 9.47 Å². The van der Waals surface area contributed by atoms with Crippen LogP contribution in [0.15, 0.2) is 71.8 Å². The van der Waals surface area contributed by atoms with Gasteiger partial charge < -0.3 is 14.8 Å². The number of methoxy groups -OCH3 is 2. The molecule has 0 saturated heterocycles. The second kappa shape index (κ2) is 8.62. The number of ether oxygens (including phenoxy) is 2. The molecule has 8 heteroatoms. The van der Waals surface area contributed by atoms with Crippen molar-refractivity contribution in [2.45, 2.75) is 11.4 Å². The molecule has 0 bridgehead atoms. The van der Waals surface area contributed by atoms with Gasteiger partial charge in [-0.15, -0.1) is 0 Å². The number of hydrogen-bond donors (Lipinski definition) is 2. The molecule has 1 heterocycles. The van der Waals surface area contributed by atoms with Crippen molar-refractivity contribution in [1.29, 1.82) is 0 Å². The summed E-state index contributed by atoms with van der Waals surface area (Å²) in [5.74, 6) is 0.809. The molecule has 1 aromatic heterocycles. The van der Waals surface area contributed by atoms with E-state index in [-0.39, 0.29) is 4.90 Å². The molecule has 0 unspecified atom stereocenters. The summed E-state index contributed by atoms with van der Waals surface area (Å²) in [7, 11) is -0.804. The average molecular weight is 399 g/mol. The number of pyridine rings is 1. The number of aromatic nitrogens is 1. The Morgan fingerprint density at radius 3 is 2.25 bits per heavy atom. The van der Waals surface area contributed by atoms with Crippen LogP contribution in [0.25, 0.3) is 0 Å². The summed E-state index contributed by atoms with van der Waals surface area (Å²) in [6, 6.07) is 17.1. The smallest absolute Gasteiger partial charge is 0.262 e. The Hall–Kier alpha value is -3.26. The van der Waals surface area contributed by atoms with Crippen LogP contribution in [0, 0.1) is 0 Å². The van der Waals surface area contributed by atoms with E-state index >= 15 is 0 Å². The van der Waals surface area contributed by atoms with E-state index in [2.05, 4.69) is 15.0 Å². The normalized spacial score (nSPS) is 10.9. The van der Waals surface area contributed by atoms with Crippen LogP contribution in [0.4, 0.5) is 11.4 Å². The summed E-state index contributed by atoms with van der Waals surface area (Å²) in [6.07, 6.45) is 1.74. The Labute approximate surface area is 164 Å². The second-order valence-corrected chi connectivity index (χ2v) is 7.56. The average Bonchev–Trinajstić information content (AvgIpc) is 2.73. The molecular weight excluding hydrogens is 378 g/mol. The van der Waals surface area contributed by atoms with Gasteiger partial charge in [0.25, 0.3) is 10.0 Å². The van der Waals surface area contributed by atoms with E-state index in [0.717, 1.165) is 11.4 Å². The highest BCUT2D eigenvalue weighted by molar-refractivity contribution is 7.92. The molecule has 0 atom stereocenters. The molecule has 28 heavy (non-hydrogen) atoms. The maximum atomic E-state index is 12.6. The van der Waals surface area contributed by atoms with Crippen molar-refractivity contribution >= 4 is 21.4 Å². The molecular formula is C20H21N3O4S. The first-order valence-corrected chi connectivity index (χ1v) is 9.99. The molecule has 0 radical (unpaired) electrons. The van der Waals surface area contributed by atoms with E-state index in [1.54, 1.807) is 36.5 Å². The predicted molar refractivity (Wildman–Crippen MR) is 108 cm³/mol. The van der Waals surface area contributed by atoms with Crippen molar-refractivity contribution in [3.63, 3.8) is 0 Å². The summed E-state index contributed by atoms with van der Waals surface area (Å²) in [5.41, 5.74) is 2.23. The van der Waals surface area contributed by atoms with Gasteiger partial charge in [0.05, 0.1) is 31.4 Å². The minimum atomic E-state index is -3.75. The molecule has 3 aromatic rings. The van der Waals surface area contributed by atoms with Gasteiger partial charge in [0.1, 0.15) is 0 Å². The van der Waals surface area contributed by atoms with Gasteiger partial charge in [-0.05, 0) is 48.5 Å². The van der Waals surface area contributed by atoms with Crippen LogP contribution in [0.5, 0.6) is 11.5 Å². The molecule has 0 saturated carbocycles. The van der Waals surface area contributed by atoms with Crippen LogP contribution in [0.1, 0.15) is 5.69 Å². The van der Waals surface area contributed by atoms with Crippen molar-refractivity contribution in [2.24, 2.45) is 0 Å². The van der Waals surface area contributed by atoms with Gasteiger partial charge in [-0.3, -0.25) is 9.71 Å². The molecule has 0 aliphatic rings. The minimum Gasteiger partial charge on any atom is -0.493 e. The molecule has 0 spiro atoms. The fourth-order valence-electron chi connectivity index (χ4n) is 2.55. The van der Waals surface area contributed by atoms with Gasteiger partial charge in [-0.2, -0.15) is 0 Å². The summed E-state index contributed by atoms with van der Waals surface area (Å²) in [6.45, 7) is 0.581. The Bertz CT molecular complexity index is 1020. The molecule has 2 N–H and O–H groups in total. The van der Waals surface area contributed by atoms with Crippen molar-refractivity contribution in [3.8, 4) is 11.5 Å². The fourth-order valence-corrected chi connectivity index (χ4v) is 3.62. The summed E-state index contributed by atoms with van der Waals surface area (Å²) < 4.78 is 38.1. The van der Waals surface area contributed by atoms with Gasteiger partial charge in [0, 0.05) is 23.6 Å². The zero-order valence-corrected chi connectivity index (χ0v) is 16.4. The van der Waals surface area contributed by atoms with E-state index in [9.17, 15) is 8.42 Å². The third kappa shape index (κ3) is 4.72. The fraction of sp³-hybridized carbons (Fsp3) is 0.150. The van der Waals surface area contributed by atoms with Gasteiger partial charge in [-0.25, -0.2) is 8.42 Å². The zero-order chi connectivity index (χ0) is 20.0. The van der Waals surface area contributed by atoms with Crippen molar-refractivity contribution in [2.75, 3.05) is 24.3 Å². The highest BCUT2D eigenvalue weighted by Crippen LogP contribution is 2.30. The van der Waals surface area contributed by atoms with Crippen molar-refractivity contribution in [3.05, 3.63) is 72.6 Å². The summed E-state index contributed by atoms with van der Waals surface area (Å²) >= 11 is 0. The minimum absolute atomic E-state index is 0.0857. The number of benzene rings is 2. The van der Waals surface area contributed by atoms with Crippen LogP contribution < -0.4 is 19.5 Å². The predicted octanol–water partition coefficient (Wildman–Crippen LogP) is 3.51. The largest absolute Gasteiger partial charge is 0.493 e. The first kappa shape index (κ1) is 19.5. The maximum absolute atomic E-state index is 12.6. The Balaban J connectivity index is 1.69. The quantitative estimate of drug-likeness (QED) is 0.602. The van der Waals surface area contributed by atoms with Crippen LogP contribution in [0.3, 0.4) is 0 Å². The second-order valence-electron chi connectivity index (χ2n) is 5.87. The van der Waals surface area contributed by atoms with E-state index in [1.807, 2.05) is 18.2 Å². The molecule has 0 aliphatic heterocycles. The highest BCUT2D eigenvalue weighted by atomic mass is 32.2. The van der Waals surface area contributed by atoms with Gasteiger partial charge in [-0.1, -0.05) is 6.07 Å². The SMILES string of the molecule is COc1ccc(S(=O)(=O)Nc2ccc(NCc3ccccn3)cc2)cc1OC. The van der Waals surface area contributed by atoms with Crippen molar-refractivity contribution < 1.29 is 17.9 Å².